The third-order valence-electron chi connectivity index (χ3n) is 6.80. The van der Waals surface area contributed by atoms with Gasteiger partial charge in [0, 0.05) is 36.7 Å². The molecule has 5 aromatic rings. The number of aldehydes is 1. The van der Waals surface area contributed by atoms with Gasteiger partial charge in [0.15, 0.2) is 17.4 Å². The van der Waals surface area contributed by atoms with Crippen LogP contribution >= 0.6 is 0 Å². The zero-order valence-corrected chi connectivity index (χ0v) is 22.6. The van der Waals surface area contributed by atoms with Crippen LogP contribution < -0.4 is 4.74 Å². The zero-order valence-electron chi connectivity index (χ0n) is 22.6. The van der Waals surface area contributed by atoms with E-state index >= 15 is 4.39 Å². The van der Waals surface area contributed by atoms with E-state index < -0.39 is 29.0 Å². The lowest BCUT2D eigenvalue weighted by atomic mass is 9.98. The Morgan fingerprint density at radius 1 is 1.05 bits per heavy atom. The Morgan fingerprint density at radius 2 is 1.86 bits per heavy atom. The number of aryl methyl sites for hydroxylation is 1. The molecule has 1 aliphatic heterocycles. The first kappa shape index (κ1) is 29.1. The molecule has 0 spiro atoms. The van der Waals surface area contributed by atoms with Crippen LogP contribution in [0.25, 0.3) is 22.3 Å². The fourth-order valence-corrected chi connectivity index (χ4v) is 4.87. The van der Waals surface area contributed by atoms with Gasteiger partial charge in [-0.15, -0.1) is 0 Å². The predicted octanol–water partition coefficient (Wildman–Crippen LogP) is 6.15. The molecule has 6 rings (SSSR count). The van der Waals surface area contributed by atoms with Gasteiger partial charge < -0.3 is 34.1 Å². The molecule has 0 aliphatic carbocycles. The monoisotopic (exact) mass is 579 g/mol. The number of carbonyl (C=O) groups is 1. The van der Waals surface area contributed by atoms with Gasteiger partial charge in [0.05, 0.1) is 30.5 Å². The first-order valence-corrected chi connectivity index (χ1v) is 13.2. The highest BCUT2D eigenvalue weighted by molar-refractivity contribution is 5.82. The molecule has 1 saturated heterocycles. The van der Waals surface area contributed by atoms with Crippen LogP contribution in [0.1, 0.15) is 29.7 Å². The molecular weight excluding hydrogens is 551 g/mol. The number of aliphatic hydroxyl groups excluding tert-OH is 1. The summed E-state index contributed by atoms with van der Waals surface area (Å²) in [7, 11) is 1.00. The topological polar surface area (TPSA) is 109 Å². The van der Waals surface area contributed by atoms with Gasteiger partial charge in [-0.2, -0.15) is 0 Å². The first-order chi connectivity index (χ1) is 20.5. The summed E-state index contributed by atoms with van der Waals surface area (Å²) in [5.74, 6) is -4.13. The van der Waals surface area contributed by atoms with Crippen LogP contribution in [0.3, 0.4) is 0 Å². The Balaban J connectivity index is 0.00000173. The first-order valence-electron chi connectivity index (χ1n) is 13.2. The lowest BCUT2D eigenvalue weighted by Crippen LogP contribution is -2.39. The summed E-state index contributed by atoms with van der Waals surface area (Å²) in [5, 5.41) is 7.17. The van der Waals surface area contributed by atoms with E-state index in [1.54, 1.807) is 0 Å². The van der Waals surface area contributed by atoms with Crippen molar-refractivity contribution in [3.63, 3.8) is 0 Å². The Hall–Kier alpha value is -4.45. The number of fused-ring (bicyclic) bond motifs is 1. The van der Waals surface area contributed by atoms with E-state index in [-0.39, 0.29) is 22.5 Å². The Bertz CT molecular complexity index is 1690. The number of aromatic nitrogens is 3. The molecule has 2 aromatic heterocycles. The molecule has 11 heteroatoms. The van der Waals surface area contributed by atoms with Crippen molar-refractivity contribution in [1.29, 1.82) is 0 Å². The van der Waals surface area contributed by atoms with Gasteiger partial charge in [0.1, 0.15) is 29.4 Å². The number of nitrogens with one attached hydrogen (secondary N) is 2. The SMILES string of the molecule is CO.O=CCCc1cccc(C2(c3cnc(-c4cc(Oc5c(F)cc6[nH]ccc6c5F)ccc4F)[nH]3)OCCCO2)c1. The summed E-state index contributed by atoms with van der Waals surface area (Å²) in [6, 6.07) is 13.9. The van der Waals surface area contributed by atoms with E-state index in [0.29, 0.717) is 49.3 Å². The third-order valence-corrected chi connectivity index (χ3v) is 6.80. The number of H-pyrrole nitrogens is 2. The highest BCUT2D eigenvalue weighted by Crippen LogP contribution is 2.39. The summed E-state index contributed by atoms with van der Waals surface area (Å²) in [5.41, 5.74) is 2.40. The van der Waals surface area contributed by atoms with E-state index in [2.05, 4.69) is 15.0 Å². The molecule has 0 unspecified atom stereocenters. The van der Waals surface area contributed by atoms with Crippen molar-refractivity contribution in [1.82, 2.24) is 15.0 Å². The second kappa shape index (κ2) is 12.6. The van der Waals surface area contributed by atoms with Crippen molar-refractivity contribution < 1.29 is 37.3 Å². The molecule has 8 nitrogen and oxygen atoms in total. The van der Waals surface area contributed by atoms with Crippen molar-refractivity contribution in [2.75, 3.05) is 20.3 Å². The Labute approximate surface area is 239 Å². The number of hydrogen-bond donors (Lipinski definition) is 3. The molecule has 3 heterocycles. The zero-order chi connectivity index (χ0) is 29.7. The van der Waals surface area contributed by atoms with Crippen molar-refractivity contribution in [2.24, 2.45) is 0 Å². The number of aliphatic hydroxyl groups is 1. The van der Waals surface area contributed by atoms with E-state index in [4.69, 9.17) is 19.3 Å². The summed E-state index contributed by atoms with van der Waals surface area (Å²) >= 11 is 0. The van der Waals surface area contributed by atoms with Gasteiger partial charge in [-0.1, -0.05) is 18.2 Å². The van der Waals surface area contributed by atoms with Crippen LogP contribution in [0.4, 0.5) is 13.2 Å². The minimum absolute atomic E-state index is 0.0183. The lowest BCUT2D eigenvalue weighted by Gasteiger charge is -2.36. The quantitative estimate of drug-likeness (QED) is 0.191. The Morgan fingerprint density at radius 3 is 2.64 bits per heavy atom. The van der Waals surface area contributed by atoms with Crippen LogP contribution in [-0.2, 0) is 26.5 Å². The second-order valence-electron chi connectivity index (χ2n) is 9.40. The average Bonchev–Trinajstić information content (AvgIpc) is 3.71. The van der Waals surface area contributed by atoms with Gasteiger partial charge >= 0.3 is 0 Å². The molecule has 3 N–H and O–H groups in total. The summed E-state index contributed by atoms with van der Waals surface area (Å²) in [6.07, 6.45) is 5.52. The predicted molar refractivity (Wildman–Crippen MR) is 149 cm³/mol. The van der Waals surface area contributed by atoms with Crippen molar-refractivity contribution >= 4 is 17.2 Å². The third kappa shape index (κ3) is 5.54. The number of halogens is 3. The normalized spacial score (nSPS) is 14.3. The van der Waals surface area contributed by atoms with Crippen molar-refractivity contribution in [3.05, 3.63) is 101 Å². The van der Waals surface area contributed by atoms with Crippen LogP contribution in [-0.4, -0.2) is 46.7 Å². The number of benzene rings is 3. The van der Waals surface area contributed by atoms with Crippen LogP contribution in [0.5, 0.6) is 11.5 Å². The van der Waals surface area contributed by atoms with E-state index in [9.17, 15) is 13.6 Å². The number of aromatic amines is 2. The molecule has 3 aromatic carbocycles. The largest absolute Gasteiger partial charge is 0.451 e. The molecule has 0 saturated carbocycles. The van der Waals surface area contributed by atoms with Crippen LogP contribution in [0, 0.1) is 17.5 Å². The molecule has 0 radical (unpaired) electrons. The number of hydrogen-bond acceptors (Lipinski definition) is 6. The maximum atomic E-state index is 15.0. The van der Waals surface area contributed by atoms with Gasteiger partial charge in [0.2, 0.25) is 5.79 Å². The fourth-order valence-electron chi connectivity index (χ4n) is 4.87. The van der Waals surface area contributed by atoms with Gasteiger partial charge in [-0.3, -0.25) is 0 Å². The highest BCUT2D eigenvalue weighted by Gasteiger charge is 2.41. The maximum absolute atomic E-state index is 15.0. The highest BCUT2D eigenvalue weighted by atomic mass is 19.1. The van der Waals surface area contributed by atoms with E-state index in [1.807, 2.05) is 24.3 Å². The summed E-state index contributed by atoms with van der Waals surface area (Å²) in [6.45, 7) is 0.848. The smallest absolute Gasteiger partial charge is 0.239 e. The minimum Gasteiger partial charge on any atom is -0.451 e. The van der Waals surface area contributed by atoms with Crippen molar-refractivity contribution in [2.45, 2.75) is 25.0 Å². The number of imidazole rings is 1. The second-order valence-corrected chi connectivity index (χ2v) is 9.40. The molecule has 0 amide bonds. The average molecular weight is 580 g/mol. The van der Waals surface area contributed by atoms with Crippen LogP contribution in [0.2, 0.25) is 0 Å². The molecule has 42 heavy (non-hydrogen) atoms. The number of rotatable bonds is 8. The van der Waals surface area contributed by atoms with E-state index in [1.165, 1.54) is 30.6 Å². The summed E-state index contributed by atoms with van der Waals surface area (Å²) in [4.78, 5) is 21.1. The molecule has 218 valence electrons. The van der Waals surface area contributed by atoms with Gasteiger partial charge in [-0.05, 0) is 48.7 Å². The van der Waals surface area contributed by atoms with Crippen LogP contribution in [0.15, 0.2) is 67.0 Å². The number of ether oxygens (including phenoxy) is 3. The molecule has 1 aliphatic rings. The number of nitrogens with zero attached hydrogens (tertiary/aromatic N) is 1. The maximum Gasteiger partial charge on any atom is 0.239 e. The van der Waals surface area contributed by atoms with Gasteiger partial charge in [-0.25, -0.2) is 18.2 Å². The summed E-state index contributed by atoms with van der Waals surface area (Å²) < 4.78 is 62.5. The van der Waals surface area contributed by atoms with E-state index in [0.717, 1.165) is 31.1 Å². The fraction of sp³-hybridized carbons (Fsp3) is 0.226. The molecule has 0 bridgehead atoms. The number of carbonyl (C=O) groups excluding carboxylic acids is 1. The standard InChI is InChI=1S/C30H24F3N3O4.CH4O/c31-23-8-7-20(40-28-24(32)16-25-21(27(28)33)9-10-34-25)15-22(23)29-35-17-26(36-29)30(38-12-3-13-39-30)19-6-1-4-18(14-19)5-2-11-37;1-2/h1,4,6-11,14-17,34H,2-3,5,12-13H2,(H,35,36);2H,1H3. The lowest BCUT2D eigenvalue weighted by molar-refractivity contribution is -0.251. The van der Waals surface area contributed by atoms with Crippen molar-refractivity contribution in [3.8, 4) is 22.9 Å². The molecular formula is C31H28F3N3O5. The minimum atomic E-state index is -1.32. The van der Waals surface area contributed by atoms with Gasteiger partial charge in [0.25, 0.3) is 0 Å². The molecule has 0 atom stereocenters. The Kier molecular flexibility index (Phi) is 8.72. The molecule has 1 fully saturated rings.